The molecule has 1 aliphatic heterocycles. The topological polar surface area (TPSA) is 66.3 Å². The van der Waals surface area contributed by atoms with Crippen LogP contribution in [0.1, 0.15) is 19.0 Å². The van der Waals surface area contributed by atoms with E-state index in [0.717, 1.165) is 12.3 Å². The first-order valence-electron chi connectivity index (χ1n) is 6.15. The van der Waals surface area contributed by atoms with Crippen LogP contribution in [0.25, 0.3) is 0 Å². The van der Waals surface area contributed by atoms with Crippen LogP contribution in [-0.2, 0) is 11.0 Å². The number of hydrogen-bond acceptors (Lipinski definition) is 4. The quantitative estimate of drug-likeness (QED) is 0.902. The third-order valence-corrected chi connectivity index (χ3v) is 3.23. The largest absolute Gasteiger partial charge is 0.481 e. The molecule has 110 valence electrons. The average molecular weight is 289 g/mol. The van der Waals surface area contributed by atoms with Gasteiger partial charge >= 0.3 is 12.1 Å². The lowest BCUT2D eigenvalue weighted by atomic mass is 9.91. The molecular weight excluding hydrogens is 275 g/mol. The smallest absolute Gasteiger partial charge is 0.433 e. The van der Waals surface area contributed by atoms with Crippen LogP contribution in [-0.4, -0.2) is 34.1 Å². The molecule has 2 rings (SSSR count). The second kappa shape index (κ2) is 5.26. The van der Waals surface area contributed by atoms with E-state index in [9.17, 15) is 18.0 Å². The number of alkyl halides is 3. The van der Waals surface area contributed by atoms with E-state index < -0.39 is 23.8 Å². The molecule has 1 aliphatic rings. The predicted molar refractivity (Wildman–Crippen MR) is 64.2 cm³/mol. The molecule has 1 N–H and O–H groups in total. The maximum absolute atomic E-state index is 12.6. The van der Waals surface area contributed by atoms with Crippen molar-refractivity contribution in [2.24, 2.45) is 11.8 Å². The highest BCUT2D eigenvalue weighted by molar-refractivity contribution is 5.71. The molecule has 2 atom stereocenters. The number of carboxylic acids is 1. The average Bonchev–Trinajstić information content (AvgIpc) is 2.37. The van der Waals surface area contributed by atoms with Crippen molar-refractivity contribution in [3.63, 3.8) is 0 Å². The van der Waals surface area contributed by atoms with Crippen LogP contribution >= 0.6 is 0 Å². The Labute approximate surface area is 113 Å². The number of halogens is 3. The third-order valence-electron chi connectivity index (χ3n) is 3.23. The predicted octanol–water partition coefficient (Wildman–Crippen LogP) is 2.04. The van der Waals surface area contributed by atoms with Crippen molar-refractivity contribution >= 4 is 11.9 Å². The van der Waals surface area contributed by atoms with Crippen LogP contribution in [0.2, 0.25) is 0 Å². The first-order chi connectivity index (χ1) is 9.27. The highest BCUT2D eigenvalue weighted by Crippen LogP contribution is 2.29. The Hall–Kier alpha value is -1.86. The Morgan fingerprint density at radius 1 is 1.45 bits per heavy atom. The second-order valence-electron chi connectivity index (χ2n) is 5.02. The van der Waals surface area contributed by atoms with E-state index in [2.05, 4.69) is 9.97 Å². The van der Waals surface area contributed by atoms with E-state index in [0.29, 0.717) is 13.0 Å². The van der Waals surface area contributed by atoms with Crippen molar-refractivity contribution in [1.82, 2.24) is 9.97 Å². The van der Waals surface area contributed by atoms with Crippen LogP contribution in [0.15, 0.2) is 12.3 Å². The van der Waals surface area contributed by atoms with Crippen molar-refractivity contribution in [1.29, 1.82) is 0 Å². The Balaban J connectivity index is 2.24. The minimum absolute atomic E-state index is 0.0583. The van der Waals surface area contributed by atoms with Crippen molar-refractivity contribution in [2.75, 3.05) is 18.0 Å². The molecule has 2 unspecified atom stereocenters. The zero-order valence-corrected chi connectivity index (χ0v) is 10.8. The molecule has 1 fully saturated rings. The summed E-state index contributed by atoms with van der Waals surface area (Å²) in [6.45, 7) is 2.43. The van der Waals surface area contributed by atoms with Crippen LogP contribution in [0.5, 0.6) is 0 Å². The second-order valence-corrected chi connectivity index (χ2v) is 5.02. The Morgan fingerprint density at radius 3 is 2.75 bits per heavy atom. The van der Waals surface area contributed by atoms with Gasteiger partial charge in [0, 0.05) is 19.3 Å². The minimum atomic E-state index is -4.54. The van der Waals surface area contributed by atoms with E-state index in [1.807, 2.05) is 6.92 Å². The molecule has 0 amide bonds. The lowest BCUT2D eigenvalue weighted by Crippen LogP contribution is -2.43. The molecule has 20 heavy (non-hydrogen) atoms. The van der Waals surface area contributed by atoms with E-state index >= 15 is 0 Å². The molecule has 0 aromatic carbocycles. The SMILES string of the molecule is CC1CC(C(=O)O)CN(c2nccc(C(F)(F)F)n2)C1. The fraction of sp³-hybridized carbons (Fsp3) is 0.583. The summed E-state index contributed by atoms with van der Waals surface area (Å²) in [5.41, 5.74) is -1.02. The summed E-state index contributed by atoms with van der Waals surface area (Å²) in [7, 11) is 0. The summed E-state index contributed by atoms with van der Waals surface area (Å²) in [6, 6.07) is 0.797. The normalized spacial score (nSPS) is 23.7. The van der Waals surface area contributed by atoms with Gasteiger partial charge in [0.25, 0.3) is 0 Å². The monoisotopic (exact) mass is 289 g/mol. The maximum atomic E-state index is 12.6. The molecule has 0 bridgehead atoms. The van der Waals surface area contributed by atoms with Crippen molar-refractivity contribution in [3.8, 4) is 0 Å². The van der Waals surface area contributed by atoms with Gasteiger partial charge in [-0.25, -0.2) is 9.97 Å². The van der Waals surface area contributed by atoms with Gasteiger partial charge in [-0.1, -0.05) is 6.92 Å². The van der Waals surface area contributed by atoms with Gasteiger partial charge in [0.05, 0.1) is 5.92 Å². The zero-order valence-electron chi connectivity index (χ0n) is 10.8. The summed E-state index contributed by atoms with van der Waals surface area (Å²) < 4.78 is 37.8. The fourth-order valence-corrected chi connectivity index (χ4v) is 2.35. The Bertz CT molecular complexity index is 507. The van der Waals surface area contributed by atoms with Gasteiger partial charge in [-0.2, -0.15) is 13.2 Å². The Morgan fingerprint density at radius 2 is 2.15 bits per heavy atom. The van der Waals surface area contributed by atoms with Gasteiger partial charge in [-0.3, -0.25) is 4.79 Å². The lowest BCUT2D eigenvalue weighted by molar-refractivity contribution is -0.143. The number of carbonyl (C=O) groups is 1. The highest BCUT2D eigenvalue weighted by atomic mass is 19.4. The summed E-state index contributed by atoms with van der Waals surface area (Å²) in [5, 5.41) is 9.06. The molecule has 0 spiro atoms. The first-order valence-corrected chi connectivity index (χ1v) is 6.15. The molecular formula is C12H14F3N3O2. The molecule has 1 aromatic rings. The summed E-state index contributed by atoms with van der Waals surface area (Å²) in [6.07, 6.45) is -2.99. The maximum Gasteiger partial charge on any atom is 0.433 e. The number of piperidine rings is 1. The molecule has 8 heteroatoms. The van der Waals surface area contributed by atoms with Gasteiger partial charge in [-0.05, 0) is 18.4 Å². The van der Waals surface area contributed by atoms with Crippen molar-refractivity contribution in [3.05, 3.63) is 18.0 Å². The summed E-state index contributed by atoms with van der Waals surface area (Å²) in [5.74, 6) is -1.58. The molecule has 5 nitrogen and oxygen atoms in total. The zero-order chi connectivity index (χ0) is 14.9. The number of aliphatic carboxylic acids is 1. The van der Waals surface area contributed by atoms with Gasteiger partial charge in [-0.15, -0.1) is 0 Å². The van der Waals surface area contributed by atoms with E-state index in [4.69, 9.17) is 5.11 Å². The van der Waals surface area contributed by atoms with Gasteiger partial charge in [0.1, 0.15) is 5.69 Å². The van der Waals surface area contributed by atoms with Crippen LogP contribution < -0.4 is 4.90 Å². The van der Waals surface area contributed by atoms with Gasteiger partial charge < -0.3 is 10.0 Å². The highest BCUT2D eigenvalue weighted by Gasteiger charge is 2.35. The number of carboxylic acid groups (broad SMARTS) is 1. The third kappa shape index (κ3) is 3.17. The summed E-state index contributed by atoms with van der Waals surface area (Å²) >= 11 is 0. The van der Waals surface area contributed by atoms with Crippen LogP contribution in [0.4, 0.5) is 19.1 Å². The van der Waals surface area contributed by atoms with E-state index in [-0.39, 0.29) is 18.4 Å². The van der Waals surface area contributed by atoms with E-state index in [1.165, 1.54) is 4.90 Å². The number of anilines is 1. The molecule has 2 heterocycles. The lowest BCUT2D eigenvalue weighted by Gasteiger charge is -2.34. The minimum Gasteiger partial charge on any atom is -0.481 e. The molecule has 0 radical (unpaired) electrons. The van der Waals surface area contributed by atoms with E-state index in [1.54, 1.807) is 0 Å². The fourth-order valence-electron chi connectivity index (χ4n) is 2.35. The number of hydrogen-bond donors (Lipinski definition) is 1. The standard InChI is InChI=1S/C12H14F3N3O2/c1-7-4-8(10(19)20)6-18(5-7)11-16-3-2-9(17-11)12(13,14)15/h2-3,7-8H,4-6H2,1H3,(H,19,20). The van der Waals surface area contributed by atoms with Crippen LogP contribution in [0, 0.1) is 11.8 Å². The van der Waals surface area contributed by atoms with Gasteiger partial charge in [0.15, 0.2) is 0 Å². The van der Waals surface area contributed by atoms with Crippen molar-refractivity contribution < 1.29 is 23.1 Å². The number of rotatable bonds is 2. The van der Waals surface area contributed by atoms with Crippen molar-refractivity contribution in [2.45, 2.75) is 19.5 Å². The number of nitrogens with zero attached hydrogens (tertiary/aromatic N) is 3. The van der Waals surface area contributed by atoms with Crippen LogP contribution in [0.3, 0.4) is 0 Å². The van der Waals surface area contributed by atoms with Gasteiger partial charge in [0.2, 0.25) is 5.95 Å². The molecule has 1 aromatic heterocycles. The molecule has 0 aliphatic carbocycles. The molecule has 0 saturated carbocycles. The molecule has 1 saturated heterocycles. The Kier molecular flexibility index (Phi) is 3.82. The first kappa shape index (κ1) is 14.5. The number of aromatic nitrogens is 2. The summed E-state index contributed by atoms with van der Waals surface area (Å²) in [4.78, 5) is 19.9.